The van der Waals surface area contributed by atoms with Crippen LogP contribution in [0.15, 0.2) is 118 Å². The molecule has 0 saturated heterocycles. The summed E-state index contributed by atoms with van der Waals surface area (Å²) in [6, 6.07) is 0. The second kappa shape index (κ2) is 7.70. The van der Waals surface area contributed by atoms with Crippen LogP contribution in [0.2, 0.25) is 0 Å². The molecule has 2 N–H and O–H groups in total. The highest BCUT2D eigenvalue weighted by molar-refractivity contribution is 5.81. The minimum absolute atomic E-state index is 0.342. The second-order valence-electron chi connectivity index (χ2n) is 9.56. The first kappa shape index (κ1) is 19.4. The maximum atomic E-state index is 7.69. The molecule has 0 bridgehead atoms. The van der Waals surface area contributed by atoms with Gasteiger partial charge in [0.25, 0.3) is 0 Å². The summed E-state index contributed by atoms with van der Waals surface area (Å²) in [5, 5.41) is 15.4. The van der Waals surface area contributed by atoms with E-state index in [1.54, 1.807) is 0 Å². The minimum atomic E-state index is 0.342. The third-order valence-electron chi connectivity index (χ3n) is 7.88. The van der Waals surface area contributed by atoms with Gasteiger partial charge in [-0.1, -0.05) is 79.0 Å². The topological polar surface area (TPSA) is 47.7 Å². The Morgan fingerprint density at radius 2 is 1.47 bits per heavy atom. The average molecular weight is 417 g/mol. The molecular weight excluding hydrogens is 388 g/mol. The lowest BCUT2D eigenvalue weighted by Crippen LogP contribution is -2.32. The van der Waals surface area contributed by atoms with E-state index in [9.17, 15) is 0 Å². The van der Waals surface area contributed by atoms with Crippen LogP contribution in [0.25, 0.3) is 0 Å². The van der Waals surface area contributed by atoms with Gasteiger partial charge in [-0.2, -0.15) is 0 Å². The van der Waals surface area contributed by atoms with Crippen molar-refractivity contribution >= 4 is 12.4 Å². The molecule has 0 heterocycles. The van der Waals surface area contributed by atoms with Crippen LogP contribution in [0.5, 0.6) is 0 Å². The summed E-state index contributed by atoms with van der Waals surface area (Å²) in [7, 11) is 0. The van der Waals surface area contributed by atoms with Crippen molar-refractivity contribution < 1.29 is 0 Å². The van der Waals surface area contributed by atoms with Crippen LogP contribution in [0.4, 0.5) is 0 Å². The van der Waals surface area contributed by atoms with Crippen LogP contribution in [0.1, 0.15) is 19.3 Å². The molecule has 2 nitrogen and oxygen atoms in total. The van der Waals surface area contributed by atoms with E-state index in [0.29, 0.717) is 29.6 Å². The maximum Gasteiger partial charge on any atom is 0.0247 e. The summed E-state index contributed by atoms with van der Waals surface area (Å²) >= 11 is 0. The summed E-state index contributed by atoms with van der Waals surface area (Å²) in [6.45, 7) is 0. The van der Waals surface area contributed by atoms with Gasteiger partial charge in [0, 0.05) is 30.2 Å². The Morgan fingerprint density at radius 1 is 0.719 bits per heavy atom. The van der Waals surface area contributed by atoms with Crippen molar-refractivity contribution in [2.24, 2.45) is 29.6 Å². The molecule has 0 aromatic heterocycles. The van der Waals surface area contributed by atoms with Gasteiger partial charge >= 0.3 is 0 Å². The van der Waals surface area contributed by atoms with Gasteiger partial charge in [0.15, 0.2) is 0 Å². The molecule has 0 amide bonds. The Labute approximate surface area is 190 Å². The van der Waals surface area contributed by atoms with Gasteiger partial charge in [-0.05, 0) is 70.1 Å². The number of nitrogens with one attached hydrogen (secondary N) is 2. The molecule has 5 unspecified atom stereocenters. The van der Waals surface area contributed by atoms with E-state index in [1.807, 2.05) is 0 Å². The summed E-state index contributed by atoms with van der Waals surface area (Å²) in [6.07, 6.45) is 36.0. The SMILES string of the molecule is N=CC1=CC(C2=C3C=CC4=CCC(C5C=C(C=N)C=CC5)C5=C4C3C(C=C2)C=C5)CC=C1. The molecule has 0 radical (unpaired) electrons. The second-order valence-corrected chi connectivity index (χ2v) is 9.56. The first-order chi connectivity index (χ1) is 15.8. The molecule has 0 spiro atoms. The van der Waals surface area contributed by atoms with E-state index in [0.717, 1.165) is 30.4 Å². The lowest BCUT2D eigenvalue weighted by Gasteiger charge is -2.43. The first-order valence-electron chi connectivity index (χ1n) is 11.8. The lowest BCUT2D eigenvalue weighted by molar-refractivity contribution is 0.439. The fraction of sp³-hybridized carbons (Fsp3) is 0.267. The summed E-state index contributed by atoms with van der Waals surface area (Å²) in [5.41, 5.74) is 9.38. The fourth-order valence-corrected chi connectivity index (χ4v) is 6.39. The van der Waals surface area contributed by atoms with Crippen LogP contribution in [0.3, 0.4) is 0 Å². The number of allylic oxidation sites excluding steroid dienone is 20. The van der Waals surface area contributed by atoms with Crippen LogP contribution in [-0.4, -0.2) is 12.4 Å². The van der Waals surface area contributed by atoms with Gasteiger partial charge in [0.05, 0.1) is 0 Å². The van der Waals surface area contributed by atoms with Gasteiger partial charge in [-0.3, -0.25) is 0 Å². The van der Waals surface area contributed by atoms with Gasteiger partial charge in [0.2, 0.25) is 0 Å². The number of hydrogen-bond acceptors (Lipinski definition) is 2. The zero-order valence-corrected chi connectivity index (χ0v) is 18.2. The van der Waals surface area contributed by atoms with Gasteiger partial charge in [-0.25, -0.2) is 0 Å². The van der Waals surface area contributed by atoms with Crippen LogP contribution >= 0.6 is 0 Å². The van der Waals surface area contributed by atoms with E-state index in [2.05, 4.69) is 79.0 Å². The molecule has 0 fully saturated rings. The fourth-order valence-electron chi connectivity index (χ4n) is 6.39. The molecule has 6 rings (SSSR count). The molecule has 0 aliphatic heterocycles. The normalized spacial score (nSPS) is 34.1. The van der Waals surface area contributed by atoms with E-state index in [4.69, 9.17) is 10.8 Å². The monoisotopic (exact) mass is 416 g/mol. The lowest BCUT2D eigenvalue weighted by atomic mass is 9.60. The Balaban J connectivity index is 1.44. The first-order valence-corrected chi connectivity index (χ1v) is 11.8. The molecular formula is C30H28N2. The van der Waals surface area contributed by atoms with Gasteiger partial charge in [-0.15, -0.1) is 0 Å². The largest absolute Gasteiger partial charge is 0.308 e. The molecule has 0 aromatic rings. The van der Waals surface area contributed by atoms with Crippen LogP contribution in [-0.2, 0) is 0 Å². The third-order valence-corrected chi connectivity index (χ3v) is 7.88. The van der Waals surface area contributed by atoms with Gasteiger partial charge in [0.1, 0.15) is 0 Å². The molecule has 6 aliphatic rings. The predicted octanol–water partition coefficient (Wildman–Crippen LogP) is 6.77. The Hall–Kier alpha value is -3.26. The van der Waals surface area contributed by atoms with Crippen molar-refractivity contribution in [1.82, 2.24) is 0 Å². The number of hydrogen-bond donors (Lipinski definition) is 2. The molecule has 0 aromatic carbocycles. The minimum Gasteiger partial charge on any atom is -0.308 e. The van der Waals surface area contributed by atoms with Crippen molar-refractivity contribution in [3.05, 3.63) is 118 Å². The molecule has 6 aliphatic carbocycles. The molecule has 5 atom stereocenters. The third kappa shape index (κ3) is 3.01. The highest BCUT2D eigenvalue weighted by Crippen LogP contribution is 2.53. The Kier molecular flexibility index (Phi) is 4.68. The zero-order valence-electron chi connectivity index (χ0n) is 18.2. The molecule has 2 heteroatoms. The van der Waals surface area contributed by atoms with Crippen LogP contribution < -0.4 is 0 Å². The quantitative estimate of drug-likeness (QED) is 0.475. The molecule has 158 valence electrons. The predicted molar refractivity (Wildman–Crippen MR) is 133 cm³/mol. The van der Waals surface area contributed by atoms with Crippen molar-refractivity contribution in [2.75, 3.05) is 0 Å². The highest BCUT2D eigenvalue weighted by atomic mass is 14.4. The number of rotatable bonds is 4. The van der Waals surface area contributed by atoms with Gasteiger partial charge < -0.3 is 10.8 Å². The van der Waals surface area contributed by atoms with E-state index in [1.165, 1.54) is 40.3 Å². The van der Waals surface area contributed by atoms with Crippen molar-refractivity contribution in [1.29, 1.82) is 10.8 Å². The summed E-state index contributed by atoms with van der Waals surface area (Å²) in [5.74, 6) is 2.10. The maximum absolute atomic E-state index is 7.69. The smallest absolute Gasteiger partial charge is 0.0247 e. The van der Waals surface area contributed by atoms with E-state index in [-0.39, 0.29) is 0 Å². The van der Waals surface area contributed by atoms with Crippen molar-refractivity contribution in [2.45, 2.75) is 19.3 Å². The van der Waals surface area contributed by atoms with Crippen molar-refractivity contribution in [3.63, 3.8) is 0 Å². The zero-order chi connectivity index (χ0) is 21.7. The Bertz CT molecular complexity index is 1200. The van der Waals surface area contributed by atoms with E-state index >= 15 is 0 Å². The molecule has 32 heavy (non-hydrogen) atoms. The summed E-state index contributed by atoms with van der Waals surface area (Å²) in [4.78, 5) is 0. The average Bonchev–Trinajstić information content (AvgIpc) is 2.87. The summed E-state index contributed by atoms with van der Waals surface area (Å²) < 4.78 is 0. The highest BCUT2D eigenvalue weighted by Gasteiger charge is 2.40. The molecule has 0 saturated carbocycles. The van der Waals surface area contributed by atoms with Crippen LogP contribution in [0, 0.1) is 40.4 Å². The van der Waals surface area contributed by atoms with Crippen molar-refractivity contribution in [3.8, 4) is 0 Å². The van der Waals surface area contributed by atoms with E-state index < -0.39 is 0 Å². The standard InChI is InChI=1S/C30H28N2/c31-17-19-3-1-5-23(15-19)25-11-7-21-10-14-28-26(24-6-2-4-20(16-24)18-32)12-8-22-9-13-27(25)29(21)30(22)28/h1-4,7-11,13-18,21,23-24,26,29,31-32H,5-6,12H2. The Morgan fingerprint density at radius 3 is 2.28 bits per heavy atom.